The van der Waals surface area contributed by atoms with Gasteiger partial charge >= 0.3 is 0 Å². The number of carbonyl (C=O) groups is 1. The molecule has 1 aliphatic rings. The van der Waals surface area contributed by atoms with E-state index < -0.39 is 0 Å². The zero-order chi connectivity index (χ0) is 13.6. The molecule has 1 rings (SSSR count). The molecule has 0 unspecified atom stereocenters. The van der Waals surface area contributed by atoms with Crippen molar-refractivity contribution in [3.8, 4) is 0 Å². The number of Topliss-reactive ketones (excluding diaryl/α,β-unsaturated/α-hetero) is 1. The fourth-order valence-electron chi connectivity index (χ4n) is 2.30. The van der Waals surface area contributed by atoms with Gasteiger partial charge in [-0.05, 0) is 59.3 Å². The molecule has 0 N–H and O–H groups in total. The summed E-state index contributed by atoms with van der Waals surface area (Å²) in [6, 6.07) is 0. The Hall–Kier alpha value is -0.850. The van der Waals surface area contributed by atoms with Gasteiger partial charge in [-0.3, -0.25) is 4.79 Å². The second-order valence-electron chi connectivity index (χ2n) is 6.03. The van der Waals surface area contributed by atoms with Crippen molar-refractivity contribution in [1.29, 1.82) is 0 Å². The van der Waals surface area contributed by atoms with E-state index in [1.807, 2.05) is 0 Å². The quantitative estimate of drug-likeness (QED) is 0.538. The minimum atomic E-state index is 0.0494. The Balaban J connectivity index is 2.38. The summed E-state index contributed by atoms with van der Waals surface area (Å²) in [6.45, 7) is 8.57. The molecule has 1 heteroatoms. The van der Waals surface area contributed by atoms with E-state index in [0.29, 0.717) is 5.78 Å². The molecule has 0 amide bonds. The Morgan fingerprint density at radius 2 is 1.78 bits per heavy atom. The molecular weight excluding hydrogens is 220 g/mol. The lowest BCUT2D eigenvalue weighted by Crippen LogP contribution is -2.14. The van der Waals surface area contributed by atoms with Gasteiger partial charge in [-0.25, -0.2) is 0 Å². The van der Waals surface area contributed by atoms with Gasteiger partial charge in [0.05, 0.1) is 0 Å². The molecular formula is C17H28O. The first-order valence-corrected chi connectivity index (χ1v) is 7.32. The van der Waals surface area contributed by atoms with Crippen LogP contribution in [0.15, 0.2) is 23.3 Å². The Labute approximate surface area is 112 Å². The lowest BCUT2D eigenvalue weighted by molar-refractivity contribution is -0.124. The van der Waals surface area contributed by atoms with Crippen molar-refractivity contribution in [1.82, 2.24) is 0 Å². The van der Waals surface area contributed by atoms with Gasteiger partial charge in [0.25, 0.3) is 0 Å². The van der Waals surface area contributed by atoms with Crippen LogP contribution in [0.5, 0.6) is 0 Å². The number of carbonyl (C=O) groups excluding carboxylic acids is 1. The number of hydrogen-bond donors (Lipinski definition) is 0. The summed E-state index contributed by atoms with van der Waals surface area (Å²) in [7, 11) is 0. The summed E-state index contributed by atoms with van der Waals surface area (Å²) in [6.07, 6.45) is 11.8. The lowest BCUT2D eigenvalue weighted by Gasteiger charge is -2.11. The van der Waals surface area contributed by atoms with Crippen molar-refractivity contribution in [2.45, 2.75) is 72.6 Å². The summed E-state index contributed by atoms with van der Waals surface area (Å²) in [5.41, 5.74) is 2.87. The highest BCUT2D eigenvalue weighted by Crippen LogP contribution is 2.51. The van der Waals surface area contributed by atoms with Gasteiger partial charge in [-0.1, -0.05) is 30.2 Å². The van der Waals surface area contributed by atoms with Crippen LogP contribution in [-0.2, 0) is 4.79 Å². The van der Waals surface area contributed by atoms with E-state index in [1.165, 1.54) is 11.1 Å². The molecule has 0 aromatic carbocycles. The predicted molar refractivity (Wildman–Crippen MR) is 78.6 cm³/mol. The van der Waals surface area contributed by atoms with Crippen LogP contribution >= 0.6 is 0 Å². The van der Waals surface area contributed by atoms with Crippen LogP contribution in [0.1, 0.15) is 72.6 Å². The number of ketones is 1. The van der Waals surface area contributed by atoms with Gasteiger partial charge < -0.3 is 0 Å². The molecule has 0 heterocycles. The fourth-order valence-corrected chi connectivity index (χ4v) is 2.30. The smallest absolute Gasteiger partial charge is 0.139 e. The summed E-state index contributed by atoms with van der Waals surface area (Å²) in [4.78, 5) is 12.0. The zero-order valence-electron chi connectivity index (χ0n) is 12.5. The van der Waals surface area contributed by atoms with Crippen LogP contribution < -0.4 is 0 Å². The molecule has 0 spiro atoms. The van der Waals surface area contributed by atoms with Gasteiger partial charge in [0.1, 0.15) is 5.78 Å². The van der Waals surface area contributed by atoms with Crippen molar-refractivity contribution >= 4 is 5.78 Å². The number of allylic oxidation sites excluding steroid dienone is 4. The Morgan fingerprint density at radius 1 is 1.11 bits per heavy atom. The third-order valence-corrected chi connectivity index (χ3v) is 3.85. The van der Waals surface area contributed by atoms with Gasteiger partial charge in [-0.15, -0.1) is 0 Å². The van der Waals surface area contributed by atoms with Crippen LogP contribution in [-0.4, -0.2) is 5.78 Å². The molecule has 0 radical (unpaired) electrons. The average Bonchev–Trinajstić information content (AvgIpc) is 3.07. The third-order valence-electron chi connectivity index (χ3n) is 3.85. The lowest BCUT2D eigenvalue weighted by atomic mass is 9.92. The molecule has 102 valence electrons. The zero-order valence-corrected chi connectivity index (χ0v) is 12.5. The Bertz CT molecular complexity index is 339. The monoisotopic (exact) mass is 248 g/mol. The normalized spacial score (nSPS) is 17.4. The summed E-state index contributed by atoms with van der Waals surface area (Å²) >= 11 is 0. The second kappa shape index (κ2) is 6.92. The molecule has 1 nitrogen and oxygen atoms in total. The number of hydrogen-bond acceptors (Lipinski definition) is 1. The first-order valence-electron chi connectivity index (χ1n) is 7.32. The minimum Gasteiger partial charge on any atom is -0.299 e. The first kappa shape index (κ1) is 15.2. The van der Waals surface area contributed by atoms with Crippen molar-refractivity contribution in [3.05, 3.63) is 23.3 Å². The van der Waals surface area contributed by atoms with E-state index in [2.05, 4.69) is 39.8 Å². The highest BCUT2D eigenvalue weighted by Gasteiger charge is 2.47. The van der Waals surface area contributed by atoms with E-state index >= 15 is 0 Å². The van der Waals surface area contributed by atoms with Crippen molar-refractivity contribution in [2.75, 3.05) is 0 Å². The van der Waals surface area contributed by atoms with Gasteiger partial charge in [0.2, 0.25) is 0 Å². The Morgan fingerprint density at radius 3 is 2.28 bits per heavy atom. The Kier molecular flexibility index (Phi) is 5.84. The first-order chi connectivity index (χ1) is 8.50. The highest BCUT2D eigenvalue weighted by molar-refractivity contribution is 5.87. The molecule has 1 aliphatic carbocycles. The maximum atomic E-state index is 12.0. The average molecular weight is 248 g/mol. The SMILES string of the molecule is CCCC(=O)C1(C/C=C(\C)CCC=C(C)C)CC1. The maximum Gasteiger partial charge on any atom is 0.139 e. The summed E-state index contributed by atoms with van der Waals surface area (Å²) in [5.74, 6) is 0.498. The van der Waals surface area contributed by atoms with Gasteiger partial charge in [0.15, 0.2) is 0 Å². The predicted octanol–water partition coefficient (Wildman–Crippen LogP) is 5.22. The summed E-state index contributed by atoms with van der Waals surface area (Å²) in [5, 5.41) is 0. The maximum absolute atomic E-state index is 12.0. The number of rotatable bonds is 8. The fraction of sp³-hybridized carbons (Fsp3) is 0.706. The van der Waals surface area contributed by atoms with Crippen LogP contribution in [0.2, 0.25) is 0 Å². The molecule has 0 aromatic heterocycles. The minimum absolute atomic E-state index is 0.0494. The molecule has 0 aromatic rings. The van der Waals surface area contributed by atoms with E-state index in [4.69, 9.17) is 0 Å². The van der Waals surface area contributed by atoms with Gasteiger partial charge in [-0.2, -0.15) is 0 Å². The van der Waals surface area contributed by atoms with E-state index in [1.54, 1.807) is 0 Å². The van der Waals surface area contributed by atoms with Crippen molar-refractivity contribution in [3.63, 3.8) is 0 Å². The van der Waals surface area contributed by atoms with E-state index in [-0.39, 0.29) is 5.41 Å². The largest absolute Gasteiger partial charge is 0.299 e. The summed E-state index contributed by atoms with van der Waals surface area (Å²) < 4.78 is 0. The van der Waals surface area contributed by atoms with E-state index in [9.17, 15) is 4.79 Å². The molecule has 18 heavy (non-hydrogen) atoms. The van der Waals surface area contributed by atoms with Crippen LogP contribution in [0.3, 0.4) is 0 Å². The van der Waals surface area contributed by atoms with Crippen LogP contribution in [0, 0.1) is 5.41 Å². The highest BCUT2D eigenvalue weighted by atomic mass is 16.1. The van der Waals surface area contributed by atoms with Crippen molar-refractivity contribution < 1.29 is 4.79 Å². The molecule has 0 bridgehead atoms. The van der Waals surface area contributed by atoms with E-state index in [0.717, 1.165) is 44.9 Å². The molecule has 0 aliphatic heterocycles. The molecule has 1 saturated carbocycles. The molecule has 0 atom stereocenters. The van der Waals surface area contributed by atoms with Crippen LogP contribution in [0.25, 0.3) is 0 Å². The molecule has 1 fully saturated rings. The topological polar surface area (TPSA) is 17.1 Å². The van der Waals surface area contributed by atoms with Crippen LogP contribution in [0.4, 0.5) is 0 Å². The standard InChI is InChI=1S/C17H28O/c1-5-7-16(18)17(12-13-17)11-10-15(4)9-6-8-14(2)3/h8,10H,5-7,9,11-13H2,1-4H3/b15-10+. The molecule has 0 saturated heterocycles. The van der Waals surface area contributed by atoms with Gasteiger partial charge in [0, 0.05) is 11.8 Å². The second-order valence-corrected chi connectivity index (χ2v) is 6.03. The van der Waals surface area contributed by atoms with Crippen molar-refractivity contribution in [2.24, 2.45) is 5.41 Å². The third kappa shape index (κ3) is 4.80.